The van der Waals surface area contributed by atoms with Gasteiger partial charge in [-0.25, -0.2) is 13.9 Å². The zero-order valence-electron chi connectivity index (χ0n) is 14.7. The van der Waals surface area contributed by atoms with E-state index in [9.17, 15) is 4.39 Å². The number of hydrogen-bond acceptors (Lipinski definition) is 4. The fourth-order valence-electron chi connectivity index (χ4n) is 3.55. The van der Waals surface area contributed by atoms with Crippen molar-refractivity contribution in [1.29, 1.82) is 0 Å². The second-order valence-corrected chi connectivity index (χ2v) is 6.87. The number of likely N-dealkylation sites (N-methyl/N-ethyl adjacent to an activating group) is 1. The normalized spacial score (nSPS) is 21.8. The van der Waals surface area contributed by atoms with Gasteiger partial charge in [-0.1, -0.05) is 6.07 Å². The molecular weight excluding hydrogens is 317 g/mol. The summed E-state index contributed by atoms with van der Waals surface area (Å²) in [5.74, 6) is -0.202. The van der Waals surface area contributed by atoms with Gasteiger partial charge in [0.2, 0.25) is 0 Å². The second-order valence-electron chi connectivity index (χ2n) is 6.87. The molecule has 3 heterocycles. The Labute approximate surface area is 146 Å². The number of imidazole rings is 1. The summed E-state index contributed by atoms with van der Waals surface area (Å²) in [6, 6.07) is 9.92. The van der Waals surface area contributed by atoms with Gasteiger partial charge < -0.3 is 4.90 Å². The van der Waals surface area contributed by atoms with E-state index in [2.05, 4.69) is 40.8 Å². The molecule has 0 aliphatic carbocycles. The zero-order valence-corrected chi connectivity index (χ0v) is 14.7. The van der Waals surface area contributed by atoms with Crippen LogP contribution in [0.5, 0.6) is 0 Å². The molecule has 0 amide bonds. The maximum absolute atomic E-state index is 14.9. The number of halogens is 1. The molecular formula is C19H22FN5. The van der Waals surface area contributed by atoms with Gasteiger partial charge in [0.25, 0.3) is 0 Å². The van der Waals surface area contributed by atoms with Crippen molar-refractivity contribution in [3.63, 3.8) is 0 Å². The number of piperazine rings is 1. The lowest BCUT2D eigenvalue weighted by Crippen LogP contribution is -2.55. The van der Waals surface area contributed by atoms with Crippen molar-refractivity contribution in [1.82, 2.24) is 19.5 Å². The van der Waals surface area contributed by atoms with Crippen molar-refractivity contribution < 1.29 is 4.39 Å². The molecule has 130 valence electrons. The third-order valence-electron chi connectivity index (χ3n) is 5.22. The average Bonchev–Trinajstić information content (AvgIpc) is 3.03. The van der Waals surface area contributed by atoms with Crippen molar-refractivity contribution in [2.75, 3.05) is 25.0 Å². The van der Waals surface area contributed by atoms with Crippen molar-refractivity contribution in [3.05, 3.63) is 48.5 Å². The van der Waals surface area contributed by atoms with Crippen molar-refractivity contribution in [3.8, 4) is 11.3 Å². The first kappa shape index (κ1) is 16.0. The summed E-state index contributed by atoms with van der Waals surface area (Å²) in [5, 5.41) is 4.30. The highest BCUT2D eigenvalue weighted by Gasteiger charge is 2.28. The van der Waals surface area contributed by atoms with E-state index in [0.717, 1.165) is 30.0 Å². The van der Waals surface area contributed by atoms with Gasteiger partial charge in [-0.05, 0) is 45.2 Å². The standard InChI is InChI=1S/C19H22FN5/c1-13-11-24(12-14(2)23(13)3)17-7-6-15(9-16(17)20)18-10-21-19-5-4-8-22-25(18)19/h4-10,13-14H,11-12H2,1-3H3/t13-,14+. The third-order valence-corrected chi connectivity index (χ3v) is 5.22. The number of nitrogens with zero attached hydrogens (tertiary/aromatic N) is 5. The topological polar surface area (TPSA) is 36.7 Å². The van der Waals surface area contributed by atoms with Gasteiger partial charge in [-0.3, -0.25) is 4.90 Å². The molecule has 0 spiro atoms. The number of rotatable bonds is 2. The number of fused-ring (bicyclic) bond motifs is 1. The highest BCUT2D eigenvalue weighted by molar-refractivity contribution is 5.66. The minimum absolute atomic E-state index is 0.202. The van der Waals surface area contributed by atoms with Gasteiger partial charge in [-0.2, -0.15) is 5.10 Å². The fourth-order valence-corrected chi connectivity index (χ4v) is 3.55. The van der Waals surface area contributed by atoms with E-state index in [-0.39, 0.29) is 5.82 Å². The Balaban J connectivity index is 1.67. The summed E-state index contributed by atoms with van der Waals surface area (Å²) in [7, 11) is 2.13. The largest absolute Gasteiger partial charge is 0.366 e. The van der Waals surface area contributed by atoms with Gasteiger partial charge >= 0.3 is 0 Å². The number of benzene rings is 1. The van der Waals surface area contributed by atoms with E-state index in [1.807, 2.05) is 24.3 Å². The van der Waals surface area contributed by atoms with E-state index >= 15 is 0 Å². The number of hydrogen-bond donors (Lipinski definition) is 0. The van der Waals surface area contributed by atoms with Crippen molar-refractivity contribution in [2.45, 2.75) is 25.9 Å². The molecule has 1 fully saturated rings. The number of anilines is 1. The van der Waals surface area contributed by atoms with Crippen LogP contribution in [0.1, 0.15) is 13.8 Å². The summed E-state index contributed by atoms with van der Waals surface area (Å²) < 4.78 is 16.6. The highest BCUT2D eigenvalue weighted by Crippen LogP contribution is 2.29. The minimum Gasteiger partial charge on any atom is -0.366 e. The monoisotopic (exact) mass is 339 g/mol. The summed E-state index contributed by atoms with van der Waals surface area (Å²) in [4.78, 5) is 8.81. The highest BCUT2D eigenvalue weighted by atomic mass is 19.1. The first-order chi connectivity index (χ1) is 12.0. The molecule has 1 aromatic carbocycles. The Kier molecular flexibility index (Phi) is 3.92. The summed E-state index contributed by atoms with van der Waals surface area (Å²) in [6.07, 6.45) is 3.44. The van der Waals surface area contributed by atoms with Crippen molar-refractivity contribution >= 4 is 11.3 Å². The molecule has 25 heavy (non-hydrogen) atoms. The van der Waals surface area contributed by atoms with Crippen LogP contribution in [-0.2, 0) is 0 Å². The van der Waals surface area contributed by atoms with Gasteiger partial charge in [0.1, 0.15) is 5.82 Å². The van der Waals surface area contributed by atoms with Crippen LogP contribution in [0.4, 0.5) is 10.1 Å². The molecule has 0 radical (unpaired) electrons. The molecule has 3 aromatic rings. The molecule has 0 unspecified atom stereocenters. The van der Waals surface area contributed by atoms with Crippen LogP contribution >= 0.6 is 0 Å². The molecule has 6 heteroatoms. The predicted molar refractivity (Wildman–Crippen MR) is 97.3 cm³/mol. The SMILES string of the molecule is C[C@@H]1CN(c2ccc(-c3cnc4cccnn34)cc2F)C[C@H](C)N1C. The Morgan fingerprint density at radius 2 is 1.88 bits per heavy atom. The predicted octanol–water partition coefficient (Wildman–Crippen LogP) is 3.06. The van der Waals surface area contributed by atoms with E-state index in [4.69, 9.17) is 0 Å². The lowest BCUT2D eigenvalue weighted by molar-refractivity contribution is 0.169. The lowest BCUT2D eigenvalue weighted by Gasteiger charge is -2.43. The van der Waals surface area contributed by atoms with Crippen LogP contribution in [0.25, 0.3) is 16.9 Å². The quantitative estimate of drug-likeness (QED) is 0.719. The molecule has 2 atom stereocenters. The van der Waals surface area contributed by atoms with E-state index < -0.39 is 0 Å². The first-order valence-corrected chi connectivity index (χ1v) is 8.60. The molecule has 1 saturated heterocycles. The Morgan fingerprint density at radius 1 is 1.12 bits per heavy atom. The van der Waals surface area contributed by atoms with E-state index in [1.54, 1.807) is 23.0 Å². The Morgan fingerprint density at radius 3 is 2.60 bits per heavy atom. The summed E-state index contributed by atoms with van der Waals surface area (Å²) in [5.41, 5.74) is 2.99. The average molecular weight is 339 g/mol. The van der Waals surface area contributed by atoms with Crippen LogP contribution < -0.4 is 4.90 Å². The van der Waals surface area contributed by atoms with Gasteiger partial charge in [0.05, 0.1) is 17.6 Å². The molecule has 1 aliphatic heterocycles. The van der Waals surface area contributed by atoms with E-state index in [0.29, 0.717) is 17.8 Å². The Hall–Kier alpha value is -2.47. The van der Waals surface area contributed by atoms with Crippen LogP contribution in [0.3, 0.4) is 0 Å². The van der Waals surface area contributed by atoms with Crippen molar-refractivity contribution in [2.24, 2.45) is 0 Å². The molecule has 0 N–H and O–H groups in total. The lowest BCUT2D eigenvalue weighted by atomic mass is 10.1. The molecule has 4 rings (SSSR count). The molecule has 5 nitrogen and oxygen atoms in total. The maximum atomic E-state index is 14.9. The smallest absolute Gasteiger partial charge is 0.154 e. The first-order valence-electron chi connectivity index (χ1n) is 8.60. The summed E-state index contributed by atoms with van der Waals surface area (Å²) >= 11 is 0. The maximum Gasteiger partial charge on any atom is 0.154 e. The van der Waals surface area contributed by atoms with Crippen LogP contribution in [0.2, 0.25) is 0 Å². The van der Waals surface area contributed by atoms with Crippen LogP contribution in [0.15, 0.2) is 42.7 Å². The van der Waals surface area contributed by atoms with Crippen LogP contribution in [0, 0.1) is 5.82 Å². The van der Waals surface area contributed by atoms with E-state index in [1.165, 1.54) is 0 Å². The van der Waals surface area contributed by atoms with Crippen LogP contribution in [-0.4, -0.2) is 51.7 Å². The summed E-state index contributed by atoms with van der Waals surface area (Å²) in [6.45, 7) is 6.01. The number of aromatic nitrogens is 3. The minimum atomic E-state index is -0.202. The second kappa shape index (κ2) is 6.11. The fraction of sp³-hybridized carbons (Fsp3) is 0.368. The molecule has 1 aliphatic rings. The molecule has 0 saturated carbocycles. The Bertz CT molecular complexity index is 894. The van der Waals surface area contributed by atoms with Gasteiger partial charge in [0.15, 0.2) is 5.65 Å². The third kappa shape index (κ3) is 2.76. The van der Waals surface area contributed by atoms with Gasteiger partial charge in [0, 0.05) is 36.9 Å². The molecule has 0 bridgehead atoms. The molecule has 2 aromatic heterocycles. The van der Waals surface area contributed by atoms with Gasteiger partial charge in [-0.15, -0.1) is 0 Å². The zero-order chi connectivity index (χ0) is 17.6.